The molecule has 0 N–H and O–H groups in total. The van der Waals surface area contributed by atoms with Crippen LogP contribution in [-0.4, -0.2) is 27.2 Å². The smallest absolute Gasteiger partial charge is 0.339 e. The molecule has 0 amide bonds. The van der Waals surface area contributed by atoms with Crippen molar-refractivity contribution in [2.75, 3.05) is 6.61 Å². The summed E-state index contributed by atoms with van der Waals surface area (Å²) >= 11 is 0. The van der Waals surface area contributed by atoms with E-state index in [4.69, 9.17) is 4.74 Å². The van der Waals surface area contributed by atoms with E-state index in [1.165, 1.54) is 0 Å². The number of esters is 1. The van der Waals surface area contributed by atoms with Gasteiger partial charge in [-0.2, -0.15) is 5.10 Å². The molecule has 17 heavy (non-hydrogen) atoms. The summed E-state index contributed by atoms with van der Waals surface area (Å²) in [4.78, 5) is 16.1. The second-order valence-corrected chi connectivity index (χ2v) is 3.94. The number of ether oxygens (including phenoxy) is 1. The first-order chi connectivity index (χ1) is 8.04. The number of hydrogen-bond donors (Lipinski definition) is 0. The monoisotopic (exact) mass is 233 g/mol. The summed E-state index contributed by atoms with van der Waals surface area (Å²) in [6, 6.07) is 1.80. The van der Waals surface area contributed by atoms with E-state index in [0.717, 1.165) is 16.9 Å². The fourth-order valence-corrected chi connectivity index (χ4v) is 1.82. The highest BCUT2D eigenvalue weighted by Gasteiger charge is 2.16. The highest BCUT2D eigenvalue weighted by atomic mass is 16.5. The molecule has 2 aromatic heterocycles. The molecule has 0 bridgehead atoms. The Morgan fingerprint density at radius 3 is 2.76 bits per heavy atom. The van der Waals surface area contributed by atoms with Gasteiger partial charge in [0.1, 0.15) is 5.82 Å². The molecule has 2 aromatic rings. The zero-order chi connectivity index (χ0) is 12.6. The number of aromatic nitrogens is 3. The number of nitrogens with zero attached hydrogens (tertiary/aromatic N) is 3. The molecule has 0 fully saturated rings. The Hall–Kier alpha value is -1.91. The molecular weight excluding hydrogens is 218 g/mol. The topological polar surface area (TPSA) is 56.5 Å². The van der Waals surface area contributed by atoms with Crippen LogP contribution in [0.1, 0.15) is 34.4 Å². The van der Waals surface area contributed by atoms with Crippen LogP contribution in [0.25, 0.3) is 5.65 Å². The lowest BCUT2D eigenvalue weighted by molar-refractivity contribution is 0.0524. The van der Waals surface area contributed by atoms with Crippen LogP contribution in [0.2, 0.25) is 0 Å². The molecule has 0 aliphatic rings. The normalized spacial score (nSPS) is 10.8. The number of aryl methyl sites for hydroxylation is 3. The largest absolute Gasteiger partial charge is 0.462 e. The second kappa shape index (κ2) is 4.16. The fourth-order valence-electron chi connectivity index (χ4n) is 1.82. The van der Waals surface area contributed by atoms with Crippen LogP contribution in [-0.2, 0) is 4.74 Å². The summed E-state index contributed by atoms with van der Waals surface area (Å²) < 4.78 is 6.71. The third-order valence-corrected chi connectivity index (χ3v) is 2.63. The summed E-state index contributed by atoms with van der Waals surface area (Å²) in [5.74, 6) is 0.375. The van der Waals surface area contributed by atoms with E-state index < -0.39 is 0 Å². The molecule has 0 aliphatic heterocycles. The molecule has 0 radical (unpaired) electrons. The van der Waals surface area contributed by atoms with Crippen molar-refractivity contribution in [3.63, 3.8) is 0 Å². The number of carbonyl (C=O) groups is 1. The van der Waals surface area contributed by atoms with E-state index in [2.05, 4.69) is 10.1 Å². The first-order valence-corrected chi connectivity index (χ1v) is 5.55. The molecule has 0 saturated carbocycles. The number of rotatable bonds is 2. The average Bonchev–Trinajstić information content (AvgIpc) is 2.66. The minimum Gasteiger partial charge on any atom is -0.462 e. The van der Waals surface area contributed by atoms with E-state index in [1.807, 2.05) is 20.8 Å². The number of hydrogen-bond acceptors (Lipinski definition) is 4. The molecule has 2 rings (SSSR count). The standard InChI is InChI=1S/C12H15N3O2/c1-5-17-12(16)10-6-7(2)11-13-9(4)14-15(11)8(10)3/h6H,5H2,1-4H3. The van der Waals surface area contributed by atoms with Gasteiger partial charge in [0.15, 0.2) is 5.65 Å². The highest BCUT2D eigenvalue weighted by molar-refractivity contribution is 5.91. The lowest BCUT2D eigenvalue weighted by Crippen LogP contribution is -2.11. The zero-order valence-electron chi connectivity index (χ0n) is 10.4. The minimum absolute atomic E-state index is 0.317. The lowest BCUT2D eigenvalue weighted by Gasteiger charge is -2.08. The molecule has 0 unspecified atom stereocenters. The highest BCUT2D eigenvalue weighted by Crippen LogP contribution is 2.16. The minimum atomic E-state index is -0.317. The molecule has 0 aliphatic carbocycles. The van der Waals surface area contributed by atoms with Crippen molar-refractivity contribution >= 4 is 11.6 Å². The van der Waals surface area contributed by atoms with Crippen LogP contribution in [0, 0.1) is 20.8 Å². The van der Waals surface area contributed by atoms with Gasteiger partial charge in [-0.15, -0.1) is 0 Å². The molecule has 2 heterocycles. The van der Waals surface area contributed by atoms with Crippen molar-refractivity contribution in [2.24, 2.45) is 0 Å². The Morgan fingerprint density at radius 1 is 1.41 bits per heavy atom. The Balaban J connectivity index is 2.66. The van der Waals surface area contributed by atoms with Crippen LogP contribution < -0.4 is 0 Å². The quantitative estimate of drug-likeness (QED) is 0.742. The summed E-state index contributed by atoms with van der Waals surface area (Å²) in [6.45, 7) is 7.73. The average molecular weight is 233 g/mol. The van der Waals surface area contributed by atoms with Crippen LogP contribution >= 0.6 is 0 Å². The van der Waals surface area contributed by atoms with Crippen molar-refractivity contribution in [1.82, 2.24) is 14.6 Å². The predicted molar refractivity (Wildman–Crippen MR) is 63.2 cm³/mol. The van der Waals surface area contributed by atoms with Crippen molar-refractivity contribution in [3.05, 3.63) is 28.7 Å². The van der Waals surface area contributed by atoms with E-state index >= 15 is 0 Å². The molecule has 0 aromatic carbocycles. The number of pyridine rings is 1. The molecule has 0 spiro atoms. The Labute approximate surface area is 99.4 Å². The van der Waals surface area contributed by atoms with E-state index in [0.29, 0.717) is 18.0 Å². The van der Waals surface area contributed by atoms with Crippen molar-refractivity contribution in [1.29, 1.82) is 0 Å². The first kappa shape index (κ1) is 11.6. The molecular formula is C12H15N3O2. The van der Waals surface area contributed by atoms with Gasteiger partial charge in [-0.1, -0.05) is 0 Å². The summed E-state index contributed by atoms with van der Waals surface area (Å²) in [5, 5.41) is 4.27. The van der Waals surface area contributed by atoms with Crippen molar-refractivity contribution < 1.29 is 9.53 Å². The van der Waals surface area contributed by atoms with Gasteiger partial charge in [-0.25, -0.2) is 14.3 Å². The van der Waals surface area contributed by atoms with Crippen LogP contribution in [0.3, 0.4) is 0 Å². The summed E-state index contributed by atoms with van der Waals surface area (Å²) in [5.41, 5.74) is 3.00. The summed E-state index contributed by atoms with van der Waals surface area (Å²) in [7, 11) is 0. The van der Waals surface area contributed by atoms with Gasteiger partial charge in [0.2, 0.25) is 0 Å². The molecule has 5 heteroatoms. The SMILES string of the molecule is CCOC(=O)c1cc(C)c2nc(C)nn2c1C. The van der Waals surface area contributed by atoms with Crippen molar-refractivity contribution in [2.45, 2.75) is 27.7 Å². The Bertz CT molecular complexity index is 587. The lowest BCUT2D eigenvalue weighted by atomic mass is 10.1. The van der Waals surface area contributed by atoms with Gasteiger partial charge in [-0.05, 0) is 39.3 Å². The zero-order valence-corrected chi connectivity index (χ0v) is 10.4. The van der Waals surface area contributed by atoms with Gasteiger partial charge in [0.25, 0.3) is 0 Å². The third kappa shape index (κ3) is 1.88. The molecule has 90 valence electrons. The number of carbonyl (C=O) groups excluding carboxylic acids is 1. The second-order valence-electron chi connectivity index (χ2n) is 3.94. The summed E-state index contributed by atoms with van der Waals surface area (Å²) in [6.07, 6.45) is 0. The maximum atomic E-state index is 11.8. The van der Waals surface area contributed by atoms with E-state index in [1.54, 1.807) is 17.5 Å². The van der Waals surface area contributed by atoms with E-state index in [-0.39, 0.29) is 5.97 Å². The van der Waals surface area contributed by atoms with Crippen molar-refractivity contribution in [3.8, 4) is 0 Å². The third-order valence-electron chi connectivity index (χ3n) is 2.63. The fraction of sp³-hybridized carbons (Fsp3) is 0.417. The maximum absolute atomic E-state index is 11.8. The van der Waals surface area contributed by atoms with Gasteiger partial charge in [-0.3, -0.25) is 0 Å². The Morgan fingerprint density at radius 2 is 2.12 bits per heavy atom. The van der Waals surface area contributed by atoms with E-state index in [9.17, 15) is 4.79 Å². The van der Waals surface area contributed by atoms with Crippen LogP contribution in [0.15, 0.2) is 6.07 Å². The Kier molecular flexibility index (Phi) is 2.83. The number of fused-ring (bicyclic) bond motifs is 1. The van der Waals surface area contributed by atoms with Crippen LogP contribution in [0.5, 0.6) is 0 Å². The molecule has 0 atom stereocenters. The first-order valence-electron chi connectivity index (χ1n) is 5.55. The maximum Gasteiger partial charge on any atom is 0.339 e. The molecule has 5 nitrogen and oxygen atoms in total. The van der Waals surface area contributed by atoms with Gasteiger partial charge >= 0.3 is 5.97 Å². The predicted octanol–water partition coefficient (Wildman–Crippen LogP) is 1.83. The van der Waals surface area contributed by atoms with Gasteiger partial charge < -0.3 is 4.74 Å². The van der Waals surface area contributed by atoms with Crippen LogP contribution in [0.4, 0.5) is 0 Å². The molecule has 0 saturated heterocycles. The van der Waals surface area contributed by atoms with Gasteiger partial charge in [0.05, 0.1) is 17.9 Å². The van der Waals surface area contributed by atoms with Gasteiger partial charge in [0, 0.05) is 0 Å².